The molecule has 11 nitrogen and oxygen atoms in total. The van der Waals surface area contributed by atoms with Gasteiger partial charge >= 0.3 is 0 Å². The zero-order valence-electron chi connectivity index (χ0n) is 26.3. The molecule has 0 spiro atoms. The van der Waals surface area contributed by atoms with Crippen LogP contribution in [0.2, 0.25) is 5.02 Å². The minimum Gasteiger partial charge on any atom is -0.495 e. The zero-order chi connectivity index (χ0) is 34.3. The molecule has 0 unspecified atom stereocenters. The molecule has 47 heavy (non-hydrogen) atoms. The molecular weight excluding hydrogens is 644 g/mol. The summed E-state index contributed by atoms with van der Waals surface area (Å²) in [6.45, 7) is 2.62. The van der Waals surface area contributed by atoms with Crippen LogP contribution in [0.5, 0.6) is 5.75 Å². The first-order chi connectivity index (χ1) is 22.3. The van der Waals surface area contributed by atoms with Crippen molar-refractivity contribution < 1.29 is 27.7 Å². The van der Waals surface area contributed by atoms with Crippen LogP contribution in [0.15, 0.2) is 95.9 Å². The average molecular weight is 679 g/mol. The second-order valence-electron chi connectivity index (χ2n) is 10.9. The van der Waals surface area contributed by atoms with Crippen molar-refractivity contribution in [3.05, 3.63) is 128 Å². The molecule has 4 aromatic rings. The van der Waals surface area contributed by atoms with Crippen LogP contribution in [0.25, 0.3) is 0 Å². The number of anilines is 1. The molecule has 0 heterocycles. The largest absolute Gasteiger partial charge is 0.495 e. The highest BCUT2D eigenvalue weighted by molar-refractivity contribution is 7.92. The monoisotopic (exact) mass is 678 g/mol. The van der Waals surface area contributed by atoms with Gasteiger partial charge in [0.2, 0.25) is 11.8 Å². The van der Waals surface area contributed by atoms with E-state index in [4.69, 9.17) is 16.3 Å². The molecule has 0 aliphatic rings. The van der Waals surface area contributed by atoms with Crippen LogP contribution < -0.4 is 14.4 Å². The SMILES string of the molecule is CNC(=O)[C@@H](Cc1ccccc1)N(Cc1ccc(C)cc1)C(=O)CN(c1cc(Cl)ccc1OC)S(=O)(=O)c1ccc(C)c([N+](=O)[O-])c1. The van der Waals surface area contributed by atoms with Crippen LogP contribution in [0.4, 0.5) is 11.4 Å². The van der Waals surface area contributed by atoms with Crippen LogP contribution in [0.3, 0.4) is 0 Å². The van der Waals surface area contributed by atoms with Crippen molar-refractivity contribution in [1.29, 1.82) is 0 Å². The Balaban J connectivity index is 1.87. The quantitative estimate of drug-likeness (QED) is 0.146. The molecule has 1 N–H and O–H groups in total. The number of carbonyl (C=O) groups excluding carboxylic acids is 2. The molecular formula is C34H35ClN4O7S. The number of rotatable bonds is 13. The number of likely N-dealkylation sites (N-methyl/N-ethyl adjacent to an activating group) is 1. The van der Waals surface area contributed by atoms with Crippen molar-refractivity contribution in [3.63, 3.8) is 0 Å². The molecule has 0 aliphatic heterocycles. The number of carbonyl (C=O) groups is 2. The molecule has 4 aromatic carbocycles. The van der Waals surface area contributed by atoms with Crippen LogP contribution in [-0.4, -0.2) is 56.8 Å². The predicted molar refractivity (Wildman–Crippen MR) is 180 cm³/mol. The smallest absolute Gasteiger partial charge is 0.273 e. The van der Waals surface area contributed by atoms with E-state index in [1.165, 1.54) is 56.3 Å². The summed E-state index contributed by atoms with van der Waals surface area (Å²) in [4.78, 5) is 39.9. The Morgan fingerprint density at radius 2 is 1.64 bits per heavy atom. The second-order valence-corrected chi connectivity index (χ2v) is 13.2. The molecule has 4 rings (SSSR count). The fraction of sp³-hybridized carbons (Fsp3) is 0.235. The Kier molecular flexibility index (Phi) is 11.2. The lowest BCUT2D eigenvalue weighted by Gasteiger charge is -2.34. The van der Waals surface area contributed by atoms with Gasteiger partial charge in [-0.05, 0) is 49.2 Å². The van der Waals surface area contributed by atoms with Gasteiger partial charge in [0.25, 0.3) is 15.7 Å². The number of aryl methyl sites for hydroxylation is 2. The number of hydrogen-bond donors (Lipinski definition) is 1. The van der Waals surface area contributed by atoms with Crippen LogP contribution in [0.1, 0.15) is 22.3 Å². The number of nitro groups is 1. The summed E-state index contributed by atoms with van der Waals surface area (Å²) in [6.07, 6.45) is 0.148. The van der Waals surface area contributed by atoms with Crippen LogP contribution in [0, 0.1) is 24.0 Å². The third-order valence-corrected chi connectivity index (χ3v) is 9.64. The van der Waals surface area contributed by atoms with Gasteiger partial charge in [-0.3, -0.25) is 24.0 Å². The van der Waals surface area contributed by atoms with Crippen molar-refractivity contribution in [2.75, 3.05) is 25.0 Å². The van der Waals surface area contributed by atoms with E-state index in [1.54, 1.807) is 0 Å². The van der Waals surface area contributed by atoms with Crippen molar-refractivity contribution in [2.45, 2.75) is 37.8 Å². The Hall–Kier alpha value is -4.94. The van der Waals surface area contributed by atoms with Gasteiger partial charge in [-0.2, -0.15) is 0 Å². The Morgan fingerprint density at radius 1 is 0.957 bits per heavy atom. The van der Waals surface area contributed by atoms with Gasteiger partial charge in [-0.1, -0.05) is 77.8 Å². The van der Waals surface area contributed by atoms with Crippen molar-refractivity contribution >= 4 is 44.8 Å². The highest BCUT2D eigenvalue weighted by Gasteiger charge is 2.36. The lowest BCUT2D eigenvalue weighted by Crippen LogP contribution is -2.53. The van der Waals surface area contributed by atoms with Gasteiger partial charge in [0, 0.05) is 36.7 Å². The van der Waals surface area contributed by atoms with E-state index < -0.39 is 49.9 Å². The van der Waals surface area contributed by atoms with E-state index in [0.717, 1.165) is 27.1 Å². The number of methoxy groups -OCH3 is 1. The second kappa shape index (κ2) is 15.1. The topological polar surface area (TPSA) is 139 Å². The number of nitrogens with zero attached hydrogens (tertiary/aromatic N) is 3. The van der Waals surface area contributed by atoms with Crippen molar-refractivity contribution in [2.24, 2.45) is 0 Å². The zero-order valence-corrected chi connectivity index (χ0v) is 27.9. The summed E-state index contributed by atoms with van der Waals surface area (Å²) < 4.78 is 35.0. The first-order valence-electron chi connectivity index (χ1n) is 14.6. The first kappa shape index (κ1) is 34.9. The van der Waals surface area contributed by atoms with Gasteiger partial charge in [0.15, 0.2) is 0 Å². The van der Waals surface area contributed by atoms with E-state index in [1.807, 2.05) is 61.5 Å². The van der Waals surface area contributed by atoms with E-state index in [9.17, 15) is 28.1 Å². The maximum atomic E-state index is 14.5. The summed E-state index contributed by atoms with van der Waals surface area (Å²) in [6, 6.07) is 23.3. The first-order valence-corrected chi connectivity index (χ1v) is 16.4. The number of sulfonamides is 1. The number of benzene rings is 4. The fourth-order valence-corrected chi connectivity index (χ4v) is 6.66. The van der Waals surface area contributed by atoms with Gasteiger partial charge in [0.1, 0.15) is 18.3 Å². The molecule has 0 fully saturated rings. The van der Waals surface area contributed by atoms with E-state index in [0.29, 0.717) is 0 Å². The molecule has 0 bridgehead atoms. The molecule has 0 saturated heterocycles. The lowest BCUT2D eigenvalue weighted by molar-refractivity contribution is -0.385. The molecule has 0 saturated carbocycles. The molecule has 1 atom stereocenters. The standard InChI is InChI=1S/C34H35ClN4O7S/c1-23-10-13-26(14-11-23)21-37(31(34(41)36-3)18-25-8-6-5-7-9-25)33(40)22-38(30-19-27(35)15-17-32(30)46-4)47(44,45)28-16-12-24(2)29(20-28)39(42)43/h5-17,19-20,31H,18,21-22H2,1-4H3,(H,36,41)/t31-/m1/s1. The summed E-state index contributed by atoms with van der Waals surface area (Å²) in [5, 5.41) is 14.5. The van der Waals surface area contributed by atoms with Gasteiger partial charge < -0.3 is 15.0 Å². The summed E-state index contributed by atoms with van der Waals surface area (Å²) >= 11 is 6.31. The van der Waals surface area contributed by atoms with Gasteiger partial charge in [-0.15, -0.1) is 0 Å². The number of amides is 2. The van der Waals surface area contributed by atoms with Crippen molar-refractivity contribution in [3.8, 4) is 5.75 Å². The highest BCUT2D eigenvalue weighted by Crippen LogP contribution is 2.36. The van der Waals surface area contributed by atoms with Gasteiger partial charge in [0.05, 0.1) is 22.6 Å². The summed E-state index contributed by atoms with van der Waals surface area (Å²) in [5.41, 5.74) is 2.29. The Labute approximate surface area is 278 Å². The Bertz CT molecular complexity index is 1870. The average Bonchev–Trinajstić information content (AvgIpc) is 3.05. The van der Waals surface area contributed by atoms with E-state index in [2.05, 4.69) is 5.32 Å². The van der Waals surface area contributed by atoms with E-state index >= 15 is 0 Å². The van der Waals surface area contributed by atoms with Gasteiger partial charge in [-0.25, -0.2) is 8.42 Å². The maximum Gasteiger partial charge on any atom is 0.273 e. The van der Waals surface area contributed by atoms with E-state index in [-0.39, 0.29) is 35.0 Å². The number of ether oxygens (including phenoxy) is 1. The third-order valence-electron chi connectivity index (χ3n) is 7.64. The number of nitro benzene ring substituents is 1. The van der Waals surface area contributed by atoms with Crippen molar-refractivity contribution in [1.82, 2.24) is 10.2 Å². The molecule has 13 heteroatoms. The lowest BCUT2D eigenvalue weighted by atomic mass is 10.0. The molecule has 0 aromatic heterocycles. The highest BCUT2D eigenvalue weighted by atomic mass is 35.5. The molecule has 246 valence electrons. The molecule has 0 radical (unpaired) electrons. The summed E-state index contributed by atoms with van der Waals surface area (Å²) in [5.74, 6) is -1.06. The third kappa shape index (κ3) is 8.27. The summed E-state index contributed by atoms with van der Waals surface area (Å²) in [7, 11) is -1.85. The number of nitrogens with one attached hydrogen (secondary N) is 1. The van der Waals surface area contributed by atoms with Crippen LogP contribution >= 0.6 is 11.6 Å². The minimum absolute atomic E-state index is 0.0133. The number of hydrogen-bond acceptors (Lipinski definition) is 7. The normalized spacial score (nSPS) is 11.8. The van der Waals surface area contributed by atoms with Crippen LogP contribution in [-0.2, 0) is 32.6 Å². The molecule has 0 aliphatic carbocycles. The fourth-order valence-electron chi connectivity index (χ4n) is 5.06. The Morgan fingerprint density at radius 3 is 2.26 bits per heavy atom. The maximum absolute atomic E-state index is 14.5. The predicted octanol–water partition coefficient (Wildman–Crippen LogP) is 5.46. The molecule has 2 amide bonds. The number of halogens is 1. The minimum atomic E-state index is -4.65.